The molecule has 6 heteroatoms. The van der Waals surface area contributed by atoms with Gasteiger partial charge in [0.25, 0.3) is 0 Å². The summed E-state index contributed by atoms with van der Waals surface area (Å²) in [6.45, 7) is 7.53. The molecule has 2 fully saturated rings. The number of aliphatic hydroxyl groups is 1. The van der Waals surface area contributed by atoms with Crippen LogP contribution >= 0.6 is 0 Å². The SMILES string of the molecule is CCOC(=O)C(C)(C)CN1C[C@]2(O)CN(C)CC[C@@H]2C1=O. The van der Waals surface area contributed by atoms with Crippen molar-refractivity contribution in [2.24, 2.45) is 11.3 Å². The van der Waals surface area contributed by atoms with E-state index in [9.17, 15) is 14.7 Å². The average molecular weight is 298 g/mol. The van der Waals surface area contributed by atoms with Crippen molar-refractivity contribution >= 4 is 11.9 Å². The number of piperidine rings is 1. The maximum absolute atomic E-state index is 12.5. The lowest BCUT2D eigenvalue weighted by Gasteiger charge is -2.37. The van der Waals surface area contributed by atoms with Gasteiger partial charge in [0.1, 0.15) is 5.60 Å². The van der Waals surface area contributed by atoms with Crippen LogP contribution in [0.4, 0.5) is 0 Å². The van der Waals surface area contributed by atoms with Crippen molar-refractivity contribution in [3.8, 4) is 0 Å². The minimum atomic E-state index is -0.991. The summed E-state index contributed by atoms with van der Waals surface area (Å²) in [6, 6.07) is 0. The molecule has 2 heterocycles. The monoisotopic (exact) mass is 298 g/mol. The van der Waals surface area contributed by atoms with E-state index < -0.39 is 11.0 Å². The maximum Gasteiger partial charge on any atom is 0.313 e. The fraction of sp³-hybridized carbons (Fsp3) is 0.867. The van der Waals surface area contributed by atoms with E-state index >= 15 is 0 Å². The predicted molar refractivity (Wildman–Crippen MR) is 77.5 cm³/mol. The number of nitrogens with zero attached hydrogens (tertiary/aromatic N) is 2. The first kappa shape index (κ1) is 16.2. The Hall–Kier alpha value is -1.14. The number of fused-ring (bicyclic) bond motifs is 1. The van der Waals surface area contributed by atoms with Crippen LogP contribution in [-0.4, -0.2) is 72.2 Å². The molecule has 120 valence electrons. The van der Waals surface area contributed by atoms with Crippen LogP contribution in [0.15, 0.2) is 0 Å². The molecule has 0 unspecified atom stereocenters. The maximum atomic E-state index is 12.5. The summed E-state index contributed by atoms with van der Waals surface area (Å²) < 4.78 is 5.07. The molecular weight excluding hydrogens is 272 g/mol. The molecule has 1 N–H and O–H groups in total. The van der Waals surface area contributed by atoms with Gasteiger partial charge in [0, 0.05) is 13.1 Å². The third-order valence-electron chi connectivity index (χ3n) is 4.48. The molecule has 0 saturated carbocycles. The number of likely N-dealkylation sites (N-methyl/N-ethyl adjacent to an activating group) is 1. The Morgan fingerprint density at radius 1 is 1.48 bits per heavy atom. The van der Waals surface area contributed by atoms with Gasteiger partial charge < -0.3 is 19.6 Å². The van der Waals surface area contributed by atoms with Crippen molar-refractivity contribution in [2.75, 3.05) is 39.8 Å². The van der Waals surface area contributed by atoms with E-state index in [0.29, 0.717) is 26.1 Å². The summed E-state index contributed by atoms with van der Waals surface area (Å²) in [5, 5.41) is 10.7. The first-order valence-corrected chi connectivity index (χ1v) is 7.56. The smallest absolute Gasteiger partial charge is 0.313 e. The molecule has 0 aromatic carbocycles. The van der Waals surface area contributed by atoms with Crippen LogP contribution in [0.25, 0.3) is 0 Å². The van der Waals surface area contributed by atoms with Gasteiger partial charge in [-0.2, -0.15) is 0 Å². The van der Waals surface area contributed by atoms with Crippen LogP contribution in [0, 0.1) is 11.3 Å². The molecule has 21 heavy (non-hydrogen) atoms. The Labute approximate surface area is 126 Å². The first-order valence-electron chi connectivity index (χ1n) is 7.56. The quantitative estimate of drug-likeness (QED) is 0.746. The molecule has 0 spiro atoms. The highest BCUT2D eigenvalue weighted by molar-refractivity contribution is 5.84. The number of ether oxygens (including phenoxy) is 1. The highest BCUT2D eigenvalue weighted by atomic mass is 16.5. The molecule has 2 rings (SSSR count). The summed E-state index contributed by atoms with van der Waals surface area (Å²) in [5.74, 6) is -0.688. The van der Waals surface area contributed by atoms with E-state index in [1.54, 1.807) is 25.7 Å². The molecule has 6 nitrogen and oxygen atoms in total. The molecule has 0 aromatic heterocycles. The van der Waals surface area contributed by atoms with Crippen molar-refractivity contribution in [1.29, 1.82) is 0 Å². The van der Waals surface area contributed by atoms with E-state index in [1.807, 2.05) is 11.9 Å². The molecule has 0 radical (unpaired) electrons. The molecule has 0 bridgehead atoms. The average Bonchev–Trinajstić information content (AvgIpc) is 2.59. The van der Waals surface area contributed by atoms with Gasteiger partial charge in [0.2, 0.25) is 5.91 Å². The van der Waals surface area contributed by atoms with Gasteiger partial charge in [-0.05, 0) is 40.8 Å². The van der Waals surface area contributed by atoms with Crippen LogP contribution in [0.2, 0.25) is 0 Å². The molecule has 1 amide bonds. The van der Waals surface area contributed by atoms with E-state index in [1.165, 1.54) is 0 Å². The standard InChI is InChI=1S/C15H26N2O4/c1-5-21-13(19)14(2,3)8-17-10-15(20)9-16(4)7-6-11(15)12(17)18/h11,20H,5-10H2,1-4H3/t11-,15-/m1/s1. The van der Waals surface area contributed by atoms with Gasteiger partial charge in [-0.15, -0.1) is 0 Å². The minimum Gasteiger partial charge on any atom is -0.466 e. The Bertz CT molecular complexity index is 437. The fourth-order valence-corrected chi connectivity index (χ4v) is 3.42. The van der Waals surface area contributed by atoms with Crippen LogP contribution in [-0.2, 0) is 14.3 Å². The number of carbonyl (C=O) groups is 2. The summed E-state index contributed by atoms with van der Waals surface area (Å²) in [6.07, 6.45) is 0.669. The number of hydrogen-bond donors (Lipinski definition) is 1. The van der Waals surface area contributed by atoms with E-state index in [0.717, 1.165) is 6.54 Å². The zero-order valence-corrected chi connectivity index (χ0v) is 13.4. The van der Waals surface area contributed by atoms with Crippen LogP contribution in [0.5, 0.6) is 0 Å². The topological polar surface area (TPSA) is 70.1 Å². The van der Waals surface area contributed by atoms with Crippen molar-refractivity contribution in [1.82, 2.24) is 9.80 Å². The highest BCUT2D eigenvalue weighted by Crippen LogP contribution is 2.37. The lowest BCUT2D eigenvalue weighted by atomic mass is 9.84. The second-order valence-electron chi connectivity index (χ2n) is 6.98. The van der Waals surface area contributed by atoms with Gasteiger partial charge in [-0.1, -0.05) is 0 Å². The summed E-state index contributed by atoms with van der Waals surface area (Å²) >= 11 is 0. The number of esters is 1. The number of rotatable bonds is 4. The third kappa shape index (κ3) is 3.06. The van der Waals surface area contributed by atoms with Gasteiger partial charge in [0.15, 0.2) is 0 Å². The Morgan fingerprint density at radius 2 is 2.14 bits per heavy atom. The van der Waals surface area contributed by atoms with E-state index in [4.69, 9.17) is 4.74 Å². The molecule has 2 saturated heterocycles. The second kappa shape index (κ2) is 5.57. The van der Waals surface area contributed by atoms with Crippen molar-refractivity contribution in [3.05, 3.63) is 0 Å². The fourth-order valence-electron chi connectivity index (χ4n) is 3.42. The molecule has 2 aliphatic rings. The lowest BCUT2D eigenvalue weighted by molar-refractivity contribution is -0.155. The highest BCUT2D eigenvalue weighted by Gasteiger charge is 2.54. The number of hydrogen-bond acceptors (Lipinski definition) is 5. The Balaban J connectivity index is 2.09. The van der Waals surface area contributed by atoms with E-state index in [-0.39, 0.29) is 24.3 Å². The van der Waals surface area contributed by atoms with E-state index in [2.05, 4.69) is 0 Å². The summed E-state index contributed by atoms with van der Waals surface area (Å²) in [5.41, 5.74) is -1.75. The molecule has 2 atom stereocenters. The zero-order valence-electron chi connectivity index (χ0n) is 13.4. The number of β-amino-alcohol motifs (C(OH)–C–C–N with tert-alkyl or cyclic N) is 1. The van der Waals surface area contributed by atoms with Crippen LogP contribution in [0.1, 0.15) is 27.2 Å². The van der Waals surface area contributed by atoms with Crippen molar-refractivity contribution < 1.29 is 19.4 Å². The summed E-state index contributed by atoms with van der Waals surface area (Å²) in [7, 11) is 1.95. The normalized spacial score (nSPS) is 30.4. The van der Waals surface area contributed by atoms with Gasteiger partial charge >= 0.3 is 5.97 Å². The third-order valence-corrected chi connectivity index (χ3v) is 4.48. The van der Waals surface area contributed by atoms with Gasteiger partial charge in [0.05, 0.1) is 24.5 Å². The number of amides is 1. The zero-order chi connectivity index (χ0) is 15.8. The van der Waals surface area contributed by atoms with Crippen molar-refractivity contribution in [2.45, 2.75) is 32.8 Å². The second-order valence-corrected chi connectivity index (χ2v) is 6.98. The first-order chi connectivity index (χ1) is 9.69. The van der Waals surface area contributed by atoms with Gasteiger partial charge in [-0.3, -0.25) is 9.59 Å². The number of likely N-dealkylation sites (tertiary alicyclic amines) is 2. The molecule has 0 aromatic rings. The minimum absolute atomic E-state index is 0.0389. The Kier molecular flexibility index (Phi) is 4.31. The van der Waals surface area contributed by atoms with Crippen LogP contribution in [0.3, 0.4) is 0 Å². The molecule has 2 aliphatic heterocycles. The molecule has 0 aliphatic carbocycles. The number of carbonyl (C=O) groups excluding carboxylic acids is 2. The lowest BCUT2D eigenvalue weighted by Crippen LogP contribution is -2.53. The predicted octanol–water partition coefficient (Wildman–Crippen LogP) is 0.101. The van der Waals surface area contributed by atoms with Crippen molar-refractivity contribution in [3.63, 3.8) is 0 Å². The van der Waals surface area contributed by atoms with Crippen LogP contribution < -0.4 is 0 Å². The molecular formula is C15H26N2O4. The summed E-state index contributed by atoms with van der Waals surface area (Å²) in [4.78, 5) is 28.2. The van der Waals surface area contributed by atoms with Gasteiger partial charge in [-0.25, -0.2) is 0 Å². The largest absolute Gasteiger partial charge is 0.466 e. The Morgan fingerprint density at radius 3 is 2.76 bits per heavy atom.